The highest BCUT2D eigenvalue weighted by atomic mass is 16.5. The van der Waals surface area contributed by atoms with Crippen LogP contribution in [0.2, 0.25) is 0 Å². The highest BCUT2D eigenvalue weighted by molar-refractivity contribution is 5.13. The molecule has 2 aromatic heterocycles. The van der Waals surface area contributed by atoms with E-state index in [1.165, 1.54) is 10.9 Å². The molecule has 0 unspecified atom stereocenters. The molecule has 6 nitrogen and oxygen atoms in total. The molecule has 0 aliphatic carbocycles. The van der Waals surface area contributed by atoms with Crippen LogP contribution in [0.5, 0.6) is 0 Å². The number of nitrogens with zero attached hydrogens (tertiary/aromatic N) is 4. The molecule has 2 aromatic rings. The molecular formula is C13H18N4O2. The van der Waals surface area contributed by atoms with Crippen molar-refractivity contribution in [1.82, 2.24) is 19.7 Å². The Bertz CT molecular complexity index is 649. The van der Waals surface area contributed by atoms with Gasteiger partial charge < -0.3 is 4.52 Å². The lowest BCUT2D eigenvalue weighted by molar-refractivity contribution is 0.355. The van der Waals surface area contributed by atoms with Crippen LogP contribution < -0.4 is 5.56 Å². The van der Waals surface area contributed by atoms with E-state index in [0.717, 1.165) is 5.69 Å². The second-order valence-corrected chi connectivity index (χ2v) is 5.65. The van der Waals surface area contributed by atoms with E-state index in [9.17, 15) is 4.79 Å². The minimum Gasteiger partial charge on any atom is -0.337 e. The smallest absolute Gasteiger partial charge is 0.256 e. The Balaban J connectivity index is 2.30. The summed E-state index contributed by atoms with van der Waals surface area (Å²) in [7, 11) is 0. The summed E-state index contributed by atoms with van der Waals surface area (Å²) in [5.74, 6) is 1.05. The van der Waals surface area contributed by atoms with Gasteiger partial charge in [0, 0.05) is 16.7 Å². The molecule has 2 heterocycles. The van der Waals surface area contributed by atoms with Crippen LogP contribution in [0.15, 0.2) is 15.6 Å². The predicted octanol–water partition coefficient (Wildman–Crippen LogP) is 1.59. The first-order valence-electron chi connectivity index (χ1n) is 6.15. The van der Waals surface area contributed by atoms with Crippen molar-refractivity contribution in [3.05, 3.63) is 39.7 Å². The fourth-order valence-electron chi connectivity index (χ4n) is 1.56. The van der Waals surface area contributed by atoms with Crippen molar-refractivity contribution in [3.8, 4) is 0 Å². The zero-order chi connectivity index (χ0) is 14.2. The van der Waals surface area contributed by atoms with Crippen LogP contribution in [0.1, 0.15) is 43.7 Å². The summed E-state index contributed by atoms with van der Waals surface area (Å²) >= 11 is 0. The third kappa shape index (κ3) is 2.72. The van der Waals surface area contributed by atoms with Gasteiger partial charge in [0.15, 0.2) is 5.82 Å². The summed E-state index contributed by atoms with van der Waals surface area (Å²) < 4.78 is 6.65. The molecule has 0 amide bonds. The standard InChI is InChI=1S/C13H18N4O2/c1-8-9(2)14-7-17(11(8)18)6-10-15-12(16-19-10)13(3,4)5/h7H,6H2,1-5H3. The van der Waals surface area contributed by atoms with Crippen LogP contribution in [-0.4, -0.2) is 19.7 Å². The van der Waals surface area contributed by atoms with Gasteiger partial charge in [-0.2, -0.15) is 4.98 Å². The van der Waals surface area contributed by atoms with Gasteiger partial charge in [0.2, 0.25) is 5.89 Å². The monoisotopic (exact) mass is 262 g/mol. The Morgan fingerprint density at radius 1 is 1.32 bits per heavy atom. The highest BCUT2D eigenvalue weighted by Gasteiger charge is 2.21. The maximum absolute atomic E-state index is 12.0. The molecule has 0 saturated carbocycles. The van der Waals surface area contributed by atoms with Crippen LogP contribution in [-0.2, 0) is 12.0 Å². The van der Waals surface area contributed by atoms with Crippen molar-refractivity contribution in [2.75, 3.05) is 0 Å². The zero-order valence-electron chi connectivity index (χ0n) is 11.9. The maximum atomic E-state index is 12.0. The number of rotatable bonds is 2. The van der Waals surface area contributed by atoms with Crippen molar-refractivity contribution in [3.63, 3.8) is 0 Å². The maximum Gasteiger partial charge on any atom is 0.256 e. The number of aryl methyl sites for hydroxylation is 1. The fourth-order valence-corrected chi connectivity index (χ4v) is 1.56. The van der Waals surface area contributed by atoms with Crippen LogP contribution in [0.3, 0.4) is 0 Å². The minimum absolute atomic E-state index is 0.0805. The average molecular weight is 262 g/mol. The average Bonchev–Trinajstić information content (AvgIpc) is 2.78. The van der Waals surface area contributed by atoms with Crippen molar-refractivity contribution >= 4 is 0 Å². The van der Waals surface area contributed by atoms with Crippen LogP contribution in [0.25, 0.3) is 0 Å². The van der Waals surface area contributed by atoms with Gasteiger partial charge in [-0.25, -0.2) is 4.98 Å². The zero-order valence-corrected chi connectivity index (χ0v) is 11.9. The van der Waals surface area contributed by atoms with Crippen molar-refractivity contribution < 1.29 is 4.52 Å². The first-order valence-corrected chi connectivity index (χ1v) is 6.15. The lowest BCUT2D eigenvalue weighted by Gasteiger charge is -2.10. The lowest BCUT2D eigenvalue weighted by Crippen LogP contribution is -2.24. The van der Waals surface area contributed by atoms with E-state index >= 15 is 0 Å². The highest BCUT2D eigenvalue weighted by Crippen LogP contribution is 2.18. The van der Waals surface area contributed by atoms with Crippen LogP contribution in [0.4, 0.5) is 0 Å². The second-order valence-electron chi connectivity index (χ2n) is 5.65. The Morgan fingerprint density at radius 3 is 2.58 bits per heavy atom. The minimum atomic E-state index is -0.172. The summed E-state index contributed by atoms with van der Waals surface area (Å²) in [6.45, 7) is 9.83. The lowest BCUT2D eigenvalue weighted by atomic mass is 9.96. The first-order chi connectivity index (χ1) is 8.79. The van der Waals surface area contributed by atoms with E-state index in [2.05, 4.69) is 15.1 Å². The molecule has 0 spiro atoms. The molecule has 102 valence electrons. The van der Waals surface area contributed by atoms with Gasteiger partial charge in [0.1, 0.15) is 6.54 Å². The van der Waals surface area contributed by atoms with Gasteiger partial charge in [-0.05, 0) is 13.8 Å². The number of hydrogen-bond acceptors (Lipinski definition) is 5. The SMILES string of the molecule is Cc1ncn(Cc2nc(C(C)(C)C)no2)c(=O)c1C. The normalized spacial score (nSPS) is 11.8. The molecule has 0 aliphatic rings. The van der Waals surface area contributed by atoms with E-state index in [1.54, 1.807) is 6.92 Å². The molecule has 6 heteroatoms. The topological polar surface area (TPSA) is 73.8 Å². The van der Waals surface area contributed by atoms with Crippen LogP contribution >= 0.6 is 0 Å². The molecule has 0 fully saturated rings. The third-order valence-corrected chi connectivity index (χ3v) is 2.96. The van der Waals surface area contributed by atoms with Gasteiger partial charge in [-0.15, -0.1) is 0 Å². The quantitative estimate of drug-likeness (QED) is 0.821. The van der Waals surface area contributed by atoms with Gasteiger partial charge >= 0.3 is 0 Å². The molecule has 0 bridgehead atoms. The van der Waals surface area contributed by atoms with Crippen molar-refractivity contribution in [1.29, 1.82) is 0 Å². The van der Waals surface area contributed by atoms with E-state index in [1.807, 2.05) is 27.7 Å². The summed E-state index contributed by atoms with van der Waals surface area (Å²) in [5.41, 5.74) is 1.12. The molecule has 0 aliphatic heterocycles. The largest absolute Gasteiger partial charge is 0.337 e. The van der Waals surface area contributed by atoms with Crippen molar-refractivity contribution in [2.24, 2.45) is 0 Å². The molecule has 0 atom stereocenters. The Labute approximate surface area is 111 Å². The van der Waals surface area contributed by atoms with E-state index in [-0.39, 0.29) is 17.5 Å². The first kappa shape index (κ1) is 13.5. The van der Waals surface area contributed by atoms with Gasteiger partial charge in [0.05, 0.1) is 6.33 Å². The second kappa shape index (κ2) is 4.60. The van der Waals surface area contributed by atoms with E-state index in [0.29, 0.717) is 17.3 Å². The van der Waals surface area contributed by atoms with E-state index < -0.39 is 0 Å². The van der Waals surface area contributed by atoms with Gasteiger partial charge in [0.25, 0.3) is 5.56 Å². The summed E-state index contributed by atoms with van der Waals surface area (Å²) in [4.78, 5) is 20.5. The third-order valence-electron chi connectivity index (χ3n) is 2.96. The molecule has 2 rings (SSSR count). The molecule has 0 radical (unpaired) electrons. The van der Waals surface area contributed by atoms with E-state index in [4.69, 9.17) is 4.52 Å². The fraction of sp³-hybridized carbons (Fsp3) is 0.538. The predicted molar refractivity (Wildman–Crippen MR) is 70.1 cm³/mol. The molecule has 0 N–H and O–H groups in total. The Hall–Kier alpha value is -1.98. The Kier molecular flexibility index (Phi) is 3.26. The molecule has 0 aromatic carbocycles. The molecular weight excluding hydrogens is 244 g/mol. The molecule has 19 heavy (non-hydrogen) atoms. The Morgan fingerprint density at radius 2 is 2.00 bits per heavy atom. The summed E-state index contributed by atoms with van der Waals surface area (Å²) in [5, 5.41) is 3.93. The number of aromatic nitrogens is 4. The van der Waals surface area contributed by atoms with Crippen molar-refractivity contribution in [2.45, 2.75) is 46.6 Å². The number of hydrogen-bond donors (Lipinski definition) is 0. The van der Waals surface area contributed by atoms with Gasteiger partial charge in [-0.1, -0.05) is 25.9 Å². The molecule has 0 saturated heterocycles. The summed E-state index contributed by atoms with van der Waals surface area (Å²) in [6.07, 6.45) is 1.51. The van der Waals surface area contributed by atoms with Gasteiger partial charge in [-0.3, -0.25) is 9.36 Å². The van der Waals surface area contributed by atoms with Crippen LogP contribution in [0, 0.1) is 13.8 Å². The summed E-state index contributed by atoms with van der Waals surface area (Å²) in [6, 6.07) is 0.